The first-order chi connectivity index (χ1) is 3.25. The number of hydrogen-bond acceptors (Lipinski definition) is 0. The maximum absolute atomic E-state index is 12.6. The molecule has 0 unspecified atom stereocenters. The predicted molar refractivity (Wildman–Crippen MR) is 48.0 cm³/mol. The van der Waals surface area contributed by atoms with E-state index in [9.17, 15) is 4.39 Å². The fourth-order valence-corrected chi connectivity index (χ4v) is 0. The summed E-state index contributed by atoms with van der Waals surface area (Å²) in [4.78, 5) is 0. The second kappa shape index (κ2) is 2.84. The first-order valence-electron chi connectivity index (χ1n) is 1.69. The molecule has 0 aromatic heterocycles. The largest absolute Gasteiger partial charge is 0.243 e. The van der Waals surface area contributed by atoms with Crippen LogP contribution in [0.4, 0.5) is 4.39 Å². The summed E-state index contributed by atoms with van der Waals surface area (Å²) < 4.78 is 10.3. The van der Waals surface area contributed by atoms with Crippen LogP contribution in [0.2, 0.25) is 0 Å². The van der Waals surface area contributed by atoms with Crippen molar-refractivity contribution in [2.24, 2.45) is 0 Å². The molecular weight excluding hydrogens is 375 g/mol. The standard InChI is InChI=1S/C3H3Br4F/c1-2(4,5)3(6,7)8/h1H3. The van der Waals surface area contributed by atoms with E-state index in [4.69, 9.17) is 0 Å². The zero-order valence-corrected chi connectivity index (χ0v) is 10.2. The molecule has 50 valence electrons. The number of rotatable bonds is 1. The van der Waals surface area contributed by atoms with E-state index in [1.54, 1.807) is 6.92 Å². The summed E-state index contributed by atoms with van der Waals surface area (Å²) in [6, 6.07) is 0. The van der Waals surface area contributed by atoms with Crippen LogP contribution in [0.25, 0.3) is 0 Å². The molecule has 0 bridgehead atoms. The number of halogens is 5. The molecule has 0 N–H and O–H groups in total. The summed E-state index contributed by atoms with van der Waals surface area (Å²) in [6.07, 6.45) is 0. The normalized spacial score (nSPS) is 14.2. The van der Waals surface area contributed by atoms with Gasteiger partial charge in [-0.25, -0.2) is 4.39 Å². The minimum Gasteiger partial charge on any atom is -0.216 e. The molecule has 0 spiro atoms. The second-order valence-electron chi connectivity index (χ2n) is 1.39. The van der Waals surface area contributed by atoms with Crippen molar-refractivity contribution in [2.75, 3.05) is 0 Å². The van der Waals surface area contributed by atoms with Gasteiger partial charge in [-0.05, 0) is 38.8 Å². The van der Waals surface area contributed by atoms with Crippen LogP contribution in [0.3, 0.4) is 0 Å². The molecule has 0 aliphatic heterocycles. The van der Waals surface area contributed by atoms with Gasteiger partial charge in [-0.15, -0.1) is 0 Å². The topological polar surface area (TPSA) is 0 Å². The summed E-state index contributed by atoms with van der Waals surface area (Å²) in [5, 5.41) is 0. The van der Waals surface area contributed by atoms with Gasteiger partial charge in [0.25, 0.3) is 0 Å². The Labute approximate surface area is 81.1 Å². The minimum atomic E-state index is -1.60. The van der Waals surface area contributed by atoms with E-state index in [2.05, 4.69) is 63.7 Å². The molecule has 0 aromatic carbocycles. The molecule has 0 aliphatic carbocycles. The molecule has 0 amide bonds. The number of alkyl halides is 5. The summed E-state index contributed by atoms with van der Waals surface area (Å²) in [6.45, 7) is 1.64. The zero-order chi connectivity index (χ0) is 7.00. The highest BCUT2D eigenvalue weighted by molar-refractivity contribution is 9.30. The van der Waals surface area contributed by atoms with Crippen LogP contribution in [-0.2, 0) is 0 Å². The Morgan fingerprint density at radius 3 is 1.25 bits per heavy atom. The summed E-state index contributed by atoms with van der Waals surface area (Å²) >= 11 is 11.6. The maximum atomic E-state index is 12.6. The quantitative estimate of drug-likeness (QED) is 0.608. The van der Waals surface area contributed by atoms with Crippen molar-refractivity contribution < 1.29 is 4.39 Å². The molecule has 0 saturated carbocycles. The van der Waals surface area contributed by atoms with Gasteiger partial charge >= 0.3 is 0 Å². The molecule has 8 heavy (non-hydrogen) atoms. The highest BCUT2D eigenvalue weighted by atomic mass is 79.9. The van der Waals surface area contributed by atoms with E-state index in [1.165, 1.54) is 0 Å². The van der Waals surface area contributed by atoms with Crippen molar-refractivity contribution in [3.8, 4) is 0 Å². The monoisotopic (exact) mass is 374 g/mol. The lowest BCUT2D eigenvalue weighted by molar-refractivity contribution is 0.419. The lowest BCUT2D eigenvalue weighted by Gasteiger charge is -2.21. The smallest absolute Gasteiger partial charge is 0.216 e. The molecule has 0 radical (unpaired) electrons. The van der Waals surface area contributed by atoms with Gasteiger partial charge in [0.05, 0.1) is 0 Å². The van der Waals surface area contributed by atoms with Gasteiger partial charge in [-0.3, -0.25) is 0 Å². The Morgan fingerprint density at radius 1 is 1.12 bits per heavy atom. The van der Waals surface area contributed by atoms with Crippen LogP contribution in [0.15, 0.2) is 0 Å². The van der Waals surface area contributed by atoms with Gasteiger partial charge in [-0.2, -0.15) is 0 Å². The highest BCUT2D eigenvalue weighted by Gasteiger charge is 2.40. The number of hydrogen-bond donors (Lipinski definition) is 0. The van der Waals surface area contributed by atoms with Gasteiger partial charge in [-0.1, -0.05) is 31.9 Å². The van der Waals surface area contributed by atoms with E-state index in [0.717, 1.165) is 0 Å². The average molecular weight is 378 g/mol. The van der Waals surface area contributed by atoms with Crippen molar-refractivity contribution in [1.82, 2.24) is 0 Å². The van der Waals surface area contributed by atoms with E-state index in [0.29, 0.717) is 0 Å². The van der Waals surface area contributed by atoms with E-state index in [-0.39, 0.29) is 0 Å². The van der Waals surface area contributed by atoms with Gasteiger partial charge in [0.15, 0.2) is 0 Å². The Morgan fingerprint density at radius 2 is 1.25 bits per heavy atom. The molecule has 0 atom stereocenters. The molecule has 0 rings (SSSR count). The lowest BCUT2D eigenvalue weighted by Crippen LogP contribution is -2.25. The van der Waals surface area contributed by atoms with Gasteiger partial charge in [0, 0.05) is 0 Å². The molecule has 0 saturated heterocycles. The fourth-order valence-electron chi connectivity index (χ4n) is 0. The van der Waals surface area contributed by atoms with Crippen molar-refractivity contribution in [2.45, 2.75) is 13.6 Å². The summed E-state index contributed by atoms with van der Waals surface area (Å²) in [5.41, 5.74) is 0. The zero-order valence-electron chi connectivity index (χ0n) is 3.89. The molecule has 0 aromatic rings. The van der Waals surface area contributed by atoms with Crippen LogP contribution in [0.1, 0.15) is 6.92 Å². The molecule has 0 fully saturated rings. The van der Waals surface area contributed by atoms with E-state index < -0.39 is 6.72 Å². The Kier molecular flexibility index (Phi) is 3.50. The Bertz CT molecular complexity index is 66.3. The van der Waals surface area contributed by atoms with Crippen molar-refractivity contribution in [3.63, 3.8) is 0 Å². The average Bonchev–Trinajstić information content (AvgIpc) is 1.25. The predicted octanol–water partition coefficient (Wildman–Crippen LogP) is 3.91. The molecule has 0 aliphatic rings. The molecule has 0 nitrogen and oxygen atoms in total. The third-order valence-corrected chi connectivity index (χ3v) is 5.30. The first kappa shape index (κ1) is 9.85. The van der Waals surface area contributed by atoms with Crippen molar-refractivity contribution in [1.29, 1.82) is 0 Å². The van der Waals surface area contributed by atoms with Crippen LogP contribution in [0, 0.1) is 0 Å². The summed E-state index contributed by atoms with van der Waals surface area (Å²) in [7, 11) is 0. The minimum absolute atomic E-state index is 0.771. The van der Waals surface area contributed by atoms with E-state index >= 15 is 0 Å². The van der Waals surface area contributed by atoms with Crippen LogP contribution < -0.4 is 0 Å². The second-order valence-corrected chi connectivity index (χ2v) is 8.87. The molecular formula is C3H3Br4F. The van der Waals surface area contributed by atoms with Crippen LogP contribution >= 0.6 is 63.7 Å². The van der Waals surface area contributed by atoms with Crippen molar-refractivity contribution in [3.05, 3.63) is 0 Å². The fraction of sp³-hybridized carbons (Fsp3) is 1.00. The third-order valence-electron chi connectivity index (χ3n) is 0.498. The molecule has 0 heterocycles. The third kappa shape index (κ3) is 3.13. The van der Waals surface area contributed by atoms with Gasteiger partial charge < -0.3 is 0 Å². The Balaban J connectivity index is 4.02. The molecule has 5 heteroatoms. The Hall–Kier alpha value is 1.85. The van der Waals surface area contributed by atoms with Gasteiger partial charge in [0.1, 0.15) is 3.23 Å². The van der Waals surface area contributed by atoms with Crippen molar-refractivity contribution >= 4 is 63.7 Å². The lowest BCUT2D eigenvalue weighted by atomic mass is 10.5. The van der Waals surface area contributed by atoms with Crippen LogP contribution in [0.5, 0.6) is 0 Å². The maximum Gasteiger partial charge on any atom is 0.243 e. The highest BCUT2D eigenvalue weighted by Crippen LogP contribution is 2.48. The van der Waals surface area contributed by atoms with Gasteiger partial charge in [0.2, 0.25) is 3.49 Å². The SMILES string of the molecule is CC(Br)(Br)C(F)(Br)Br. The van der Waals surface area contributed by atoms with E-state index in [1.807, 2.05) is 0 Å². The first-order valence-corrected chi connectivity index (χ1v) is 4.87. The van der Waals surface area contributed by atoms with Crippen LogP contribution in [-0.4, -0.2) is 6.72 Å². The summed E-state index contributed by atoms with van der Waals surface area (Å²) in [5.74, 6) is 0.